The summed E-state index contributed by atoms with van der Waals surface area (Å²) in [6.45, 7) is 7.87. The van der Waals surface area contributed by atoms with E-state index >= 15 is 0 Å². The monoisotopic (exact) mass is 334 g/mol. The van der Waals surface area contributed by atoms with E-state index in [0.29, 0.717) is 0 Å². The first-order valence-electron chi connectivity index (χ1n) is 6.56. The summed E-state index contributed by atoms with van der Waals surface area (Å²) >= 11 is 14.3. The van der Waals surface area contributed by atoms with Crippen LogP contribution in [0.5, 0.6) is 0 Å². The molecule has 0 unspecified atom stereocenters. The van der Waals surface area contributed by atoms with Crippen molar-refractivity contribution in [2.24, 2.45) is 0 Å². The maximum atomic E-state index is 6.29. The van der Waals surface area contributed by atoms with Crippen LogP contribution in [0.2, 0.25) is 10.0 Å². The normalized spacial score (nSPS) is 13.4. The molecule has 0 amide bonds. The lowest BCUT2D eigenvalue weighted by molar-refractivity contribution is 1.17. The summed E-state index contributed by atoms with van der Waals surface area (Å²) in [4.78, 5) is 0. The zero-order valence-corrected chi connectivity index (χ0v) is 13.8. The molecule has 0 aliphatic carbocycles. The van der Waals surface area contributed by atoms with Crippen LogP contribution >= 0.6 is 35.0 Å². The van der Waals surface area contributed by atoms with Gasteiger partial charge in [-0.3, -0.25) is 0 Å². The molecule has 21 heavy (non-hydrogen) atoms. The van der Waals surface area contributed by atoms with Crippen molar-refractivity contribution in [3.63, 3.8) is 0 Å². The van der Waals surface area contributed by atoms with E-state index in [4.69, 9.17) is 23.2 Å². The van der Waals surface area contributed by atoms with E-state index in [1.54, 1.807) is 11.8 Å². The molecule has 3 heteroatoms. The maximum absolute atomic E-state index is 6.29. The molecule has 0 spiro atoms. The van der Waals surface area contributed by atoms with E-state index in [1.165, 1.54) is 0 Å². The molecule has 0 N–H and O–H groups in total. The zero-order valence-electron chi connectivity index (χ0n) is 11.5. The lowest BCUT2D eigenvalue weighted by atomic mass is 10.1. The van der Waals surface area contributed by atoms with E-state index in [2.05, 4.69) is 13.2 Å². The molecule has 2 aromatic carbocycles. The molecule has 2 atom stereocenters. The Balaban J connectivity index is 2.29. The second-order valence-electron chi connectivity index (χ2n) is 4.49. The van der Waals surface area contributed by atoms with Gasteiger partial charge in [0.25, 0.3) is 0 Å². The summed E-state index contributed by atoms with van der Waals surface area (Å²) < 4.78 is 0. The summed E-state index contributed by atoms with van der Waals surface area (Å²) in [7, 11) is 0. The van der Waals surface area contributed by atoms with Gasteiger partial charge >= 0.3 is 0 Å². The van der Waals surface area contributed by atoms with Gasteiger partial charge in [0, 0.05) is 20.5 Å². The minimum atomic E-state index is 0.0815. The van der Waals surface area contributed by atoms with E-state index in [0.717, 1.165) is 21.2 Å². The first-order valence-corrected chi connectivity index (χ1v) is 8.26. The van der Waals surface area contributed by atoms with Gasteiger partial charge in [-0.1, -0.05) is 71.8 Å². The number of halogens is 2. The molecule has 0 saturated carbocycles. The van der Waals surface area contributed by atoms with Crippen molar-refractivity contribution in [1.29, 1.82) is 0 Å². The third kappa shape index (κ3) is 3.94. The Bertz CT molecular complexity index is 581. The molecule has 0 nitrogen and oxygen atoms in total. The average Bonchev–Trinajstić information content (AvgIpc) is 2.51. The topological polar surface area (TPSA) is 0 Å². The van der Waals surface area contributed by atoms with Gasteiger partial charge in [0.15, 0.2) is 0 Å². The molecular weight excluding hydrogens is 319 g/mol. The molecule has 0 heterocycles. The molecule has 0 aliphatic heterocycles. The van der Waals surface area contributed by atoms with Crippen LogP contribution in [0.3, 0.4) is 0 Å². The van der Waals surface area contributed by atoms with Gasteiger partial charge in [-0.15, -0.1) is 24.9 Å². The van der Waals surface area contributed by atoms with E-state index in [9.17, 15) is 0 Å². The first kappa shape index (κ1) is 16.2. The molecule has 108 valence electrons. The van der Waals surface area contributed by atoms with Crippen molar-refractivity contribution >= 4 is 35.0 Å². The summed E-state index contributed by atoms with van der Waals surface area (Å²) in [5.74, 6) is 0. The fraction of sp³-hybridized carbons (Fsp3) is 0.111. The van der Waals surface area contributed by atoms with Crippen molar-refractivity contribution in [2.45, 2.75) is 10.5 Å². The Hall–Kier alpha value is -1.15. The van der Waals surface area contributed by atoms with Crippen molar-refractivity contribution in [1.82, 2.24) is 0 Å². The van der Waals surface area contributed by atoms with Crippen LogP contribution < -0.4 is 0 Å². The Morgan fingerprint density at radius 3 is 1.48 bits per heavy atom. The maximum Gasteiger partial charge on any atom is 0.0498 e. The molecule has 2 aromatic rings. The summed E-state index contributed by atoms with van der Waals surface area (Å²) in [6, 6.07) is 15.7. The second kappa shape index (κ2) is 7.74. The Labute approximate surface area is 140 Å². The third-order valence-electron chi connectivity index (χ3n) is 3.14. The quantitative estimate of drug-likeness (QED) is 0.518. The number of rotatable bonds is 6. The highest BCUT2D eigenvalue weighted by Gasteiger charge is 2.19. The molecule has 0 bridgehead atoms. The lowest BCUT2D eigenvalue weighted by Crippen LogP contribution is -1.97. The predicted octanol–water partition coefficient (Wildman–Crippen LogP) is 6.88. The van der Waals surface area contributed by atoms with E-state index < -0.39 is 0 Å². The molecule has 0 aliphatic rings. The van der Waals surface area contributed by atoms with E-state index in [-0.39, 0.29) is 10.5 Å². The number of hydrogen-bond donors (Lipinski definition) is 0. The van der Waals surface area contributed by atoms with Crippen molar-refractivity contribution in [2.75, 3.05) is 0 Å². The van der Waals surface area contributed by atoms with Gasteiger partial charge in [0.1, 0.15) is 0 Å². The SMILES string of the molecule is C=C[C@H](S[C@@H](C=C)c1ccccc1Cl)c1ccccc1Cl. The second-order valence-corrected chi connectivity index (χ2v) is 6.59. The summed E-state index contributed by atoms with van der Waals surface area (Å²) in [6.07, 6.45) is 3.80. The van der Waals surface area contributed by atoms with E-state index in [1.807, 2.05) is 60.7 Å². The largest absolute Gasteiger partial charge is 0.137 e. The molecular formula is C18H16Cl2S. The van der Waals surface area contributed by atoms with Crippen LogP contribution in [0.4, 0.5) is 0 Å². The predicted molar refractivity (Wildman–Crippen MR) is 96.4 cm³/mol. The standard InChI is InChI=1S/C18H16Cl2S/c1-3-17(13-9-5-7-11-15(13)19)21-18(4-2)14-10-6-8-12-16(14)20/h3-12,17-18H,1-2H2/t17-,18-/m0/s1. The Morgan fingerprint density at radius 2 is 1.14 bits per heavy atom. The third-order valence-corrected chi connectivity index (χ3v) is 5.31. The molecule has 2 rings (SSSR count). The minimum Gasteiger partial charge on any atom is -0.137 e. The van der Waals surface area contributed by atoms with Gasteiger partial charge in [0.05, 0.1) is 0 Å². The van der Waals surface area contributed by atoms with Crippen molar-refractivity contribution in [3.05, 3.63) is 95.0 Å². The van der Waals surface area contributed by atoms with Crippen molar-refractivity contribution < 1.29 is 0 Å². The number of benzene rings is 2. The summed E-state index contributed by atoms with van der Waals surface area (Å²) in [5.41, 5.74) is 2.11. The van der Waals surface area contributed by atoms with Crippen LogP contribution in [0.1, 0.15) is 21.6 Å². The number of thioether (sulfide) groups is 1. The minimum absolute atomic E-state index is 0.0815. The molecule has 0 saturated heterocycles. The smallest absolute Gasteiger partial charge is 0.0498 e. The Kier molecular flexibility index (Phi) is 5.98. The van der Waals surface area contributed by atoms with Gasteiger partial charge < -0.3 is 0 Å². The fourth-order valence-electron chi connectivity index (χ4n) is 2.08. The Morgan fingerprint density at radius 1 is 0.762 bits per heavy atom. The fourth-order valence-corrected chi connectivity index (χ4v) is 3.96. The molecule has 0 aromatic heterocycles. The lowest BCUT2D eigenvalue weighted by Gasteiger charge is -2.21. The summed E-state index contributed by atoms with van der Waals surface area (Å²) in [5, 5.41) is 1.66. The van der Waals surface area contributed by atoms with Crippen molar-refractivity contribution in [3.8, 4) is 0 Å². The first-order chi connectivity index (χ1) is 10.2. The average molecular weight is 335 g/mol. The number of hydrogen-bond acceptors (Lipinski definition) is 1. The highest BCUT2D eigenvalue weighted by atomic mass is 35.5. The van der Waals surface area contributed by atoms with Crippen LogP contribution in [0, 0.1) is 0 Å². The van der Waals surface area contributed by atoms with Crippen LogP contribution in [0.25, 0.3) is 0 Å². The van der Waals surface area contributed by atoms with Gasteiger partial charge in [-0.05, 0) is 23.3 Å². The van der Waals surface area contributed by atoms with Gasteiger partial charge in [0.2, 0.25) is 0 Å². The van der Waals surface area contributed by atoms with Crippen LogP contribution in [-0.4, -0.2) is 0 Å². The van der Waals surface area contributed by atoms with Gasteiger partial charge in [-0.2, -0.15) is 0 Å². The molecule has 0 fully saturated rings. The van der Waals surface area contributed by atoms with Crippen LogP contribution in [0.15, 0.2) is 73.8 Å². The zero-order chi connectivity index (χ0) is 15.2. The molecule has 0 radical (unpaired) electrons. The highest BCUT2D eigenvalue weighted by Crippen LogP contribution is 2.45. The van der Waals surface area contributed by atoms with Crippen LogP contribution in [-0.2, 0) is 0 Å². The van der Waals surface area contributed by atoms with Gasteiger partial charge in [-0.25, -0.2) is 0 Å². The highest BCUT2D eigenvalue weighted by molar-refractivity contribution is 8.00.